The fourth-order valence-electron chi connectivity index (χ4n) is 1.37. The summed E-state index contributed by atoms with van der Waals surface area (Å²) in [7, 11) is 1.91. The van der Waals surface area contributed by atoms with Gasteiger partial charge >= 0.3 is 6.18 Å². The highest BCUT2D eigenvalue weighted by atomic mass is 19.4. The minimum absolute atomic E-state index is 0.0903. The number of halogens is 4. The van der Waals surface area contributed by atoms with Crippen molar-refractivity contribution in [2.24, 2.45) is 0 Å². The molecule has 0 spiro atoms. The van der Waals surface area contributed by atoms with Crippen molar-refractivity contribution in [3.05, 3.63) is 29.6 Å². The third kappa shape index (κ3) is 4.18. The van der Waals surface area contributed by atoms with Crippen LogP contribution in [0.25, 0.3) is 0 Å². The molecule has 1 aromatic rings. The summed E-state index contributed by atoms with van der Waals surface area (Å²) >= 11 is 0. The highest BCUT2D eigenvalue weighted by Gasteiger charge is 2.31. The van der Waals surface area contributed by atoms with Crippen LogP contribution < -0.4 is 5.32 Å². The number of rotatable bonds is 5. The molecule has 0 heterocycles. The smallest absolute Gasteiger partial charge is 0.381 e. The van der Waals surface area contributed by atoms with Gasteiger partial charge in [-0.2, -0.15) is 13.2 Å². The quantitative estimate of drug-likeness (QED) is 0.821. The van der Waals surface area contributed by atoms with Gasteiger partial charge in [-0.3, -0.25) is 0 Å². The maximum absolute atomic E-state index is 13.4. The van der Waals surface area contributed by atoms with Crippen LogP contribution in [-0.4, -0.2) is 31.6 Å². The van der Waals surface area contributed by atoms with Crippen LogP contribution in [0.2, 0.25) is 0 Å². The molecule has 1 aromatic carbocycles. The van der Waals surface area contributed by atoms with Crippen molar-refractivity contribution >= 4 is 5.69 Å². The topological polar surface area (TPSA) is 15.3 Å². The van der Waals surface area contributed by atoms with Crippen LogP contribution in [-0.2, 0) is 6.18 Å². The normalized spacial score (nSPS) is 11.9. The first kappa shape index (κ1) is 14.8. The summed E-state index contributed by atoms with van der Waals surface area (Å²) in [4.78, 5) is 2.01. The Morgan fingerprint density at radius 2 is 1.94 bits per heavy atom. The number of hydrogen-bond acceptors (Lipinski definition) is 2. The minimum atomic E-state index is -4.51. The zero-order valence-electron chi connectivity index (χ0n) is 10.3. The van der Waals surface area contributed by atoms with Crippen molar-refractivity contribution in [1.82, 2.24) is 4.90 Å². The van der Waals surface area contributed by atoms with E-state index in [1.807, 2.05) is 18.9 Å². The third-order valence-electron chi connectivity index (χ3n) is 2.65. The van der Waals surface area contributed by atoms with Gasteiger partial charge in [-0.1, -0.05) is 6.92 Å². The molecule has 0 atom stereocenters. The molecule has 102 valence electrons. The number of benzene rings is 1. The van der Waals surface area contributed by atoms with E-state index in [1.165, 1.54) is 0 Å². The first-order valence-electron chi connectivity index (χ1n) is 5.63. The monoisotopic (exact) mass is 264 g/mol. The average Bonchev–Trinajstić information content (AvgIpc) is 2.29. The summed E-state index contributed by atoms with van der Waals surface area (Å²) in [5.74, 6) is -0.885. The van der Waals surface area contributed by atoms with Gasteiger partial charge in [0.2, 0.25) is 0 Å². The average molecular weight is 264 g/mol. The number of hydrogen-bond donors (Lipinski definition) is 1. The highest BCUT2D eigenvalue weighted by Crippen LogP contribution is 2.31. The Hall–Kier alpha value is -1.30. The van der Waals surface area contributed by atoms with E-state index in [0.717, 1.165) is 18.7 Å². The predicted molar refractivity (Wildman–Crippen MR) is 63.1 cm³/mol. The van der Waals surface area contributed by atoms with Crippen LogP contribution in [0.1, 0.15) is 12.5 Å². The Balaban J connectivity index is 2.63. The van der Waals surface area contributed by atoms with E-state index >= 15 is 0 Å². The second-order valence-corrected chi connectivity index (χ2v) is 4.02. The number of nitrogens with zero attached hydrogens (tertiary/aromatic N) is 1. The number of anilines is 1. The summed E-state index contributed by atoms with van der Waals surface area (Å²) in [5.41, 5.74) is -0.885. The summed E-state index contributed by atoms with van der Waals surface area (Å²) < 4.78 is 50.3. The van der Waals surface area contributed by atoms with Gasteiger partial charge in [0, 0.05) is 13.1 Å². The molecule has 0 aliphatic heterocycles. The lowest BCUT2D eigenvalue weighted by Gasteiger charge is -2.15. The summed E-state index contributed by atoms with van der Waals surface area (Å²) in [6.07, 6.45) is -4.51. The second kappa shape index (κ2) is 6.04. The summed E-state index contributed by atoms with van der Waals surface area (Å²) in [6.45, 7) is 4.01. The molecular formula is C12H16F4N2. The summed E-state index contributed by atoms with van der Waals surface area (Å²) in [6, 6.07) is 2.49. The number of nitrogens with one attached hydrogen (secondary N) is 1. The molecule has 6 heteroatoms. The zero-order chi connectivity index (χ0) is 13.8. The van der Waals surface area contributed by atoms with E-state index in [-0.39, 0.29) is 5.69 Å². The molecule has 0 fully saturated rings. The van der Waals surface area contributed by atoms with Gasteiger partial charge in [-0.25, -0.2) is 4.39 Å². The Labute approximate surface area is 104 Å². The van der Waals surface area contributed by atoms with Gasteiger partial charge in [0.1, 0.15) is 5.82 Å². The molecule has 1 rings (SSSR count). The van der Waals surface area contributed by atoms with Gasteiger partial charge in [0.25, 0.3) is 0 Å². The van der Waals surface area contributed by atoms with Gasteiger partial charge in [0.05, 0.1) is 11.3 Å². The van der Waals surface area contributed by atoms with Gasteiger partial charge in [-0.15, -0.1) is 0 Å². The van der Waals surface area contributed by atoms with Gasteiger partial charge < -0.3 is 10.2 Å². The van der Waals surface area contributed by atoms with Crippen LogP contribution in [0.3, 0.4) is 0 Å². The van der Waals surface area contributed by atoms with Crippen molar-refractivity contribution in [1.29, 1.82) is 0 Å². The zero-order valence-corrected chi connectivity index (χ0v) is 10.3. The SMILES string of the molecule is CCN(C)CCNc1ccc(C(F)(F)F)cc1F. The molecule has 0 aliphatic carbocycles. The molecule has 18 heavy (non-hydrogen) atoms. The van der Waals surface area contributed by atoms with Crippen LogP contribution >= 0.6 is 0 Å². The number of alkyl halides is 3. The fraction of sp³-hybridized carbons (Fsp3) is 0.500. The van der Waals surface area contributed by atoms with Crippen molar-refractivity contribution in [3.63, 3.8) is 0 Å². The first-order chi connectivity index (χ1) is 8.34. The standard InChI is InChI=1S/C12H16F4N2/c1-3-18(2)7-6-17-11-5-4-9(8-10(11)13)12(14,15)16/h4-5,8,17H,3,6-7H2,1-2H3. The molecule has 0 amide bonds. The van der Waals surface area contributed by atoms with Crippen molar-refractivity contribution in [2.45, 2.75) is 13.1 Å². The lowest BCUT2D eigenvalue weighted by atomic mass is 10.2. The fourth-order valence-corrected chi connectivity index (χ4v) is 1.37. The largest absolute Gasteiger partial charge is 0.416 e. The Kier molecular flexibility index (Phi) is 4.95. The predicted octanol–water partition coefficient (Wildman–Crippen LogP) is 3.21. The van der Waals surface area contributed by atoms with Crippen molar-refractivity contribution in [3.8, 4) is 0 Å². The molecule has 0 radical (unpaired) electrons. The Bertz CT molecular complexity index is 390. The summed E-state index contributed by atoms with van der Waals surface area (Å²) in [5, 5.41) is 2.77. The molecular weight excluding hydrogens is 248 g/mol. The van der Waals surface area contributed by atoms with E-state index in [1.54, 1.807) is 0 Å². The molecule has 0 unspecified atom stereocenters. The molecule has 2 nitrogen and oxygen atoms in total. The molecule has 0 aliphatic rings. The molecule has 0 aromatic heterocycles. The molecule has 0 saturated heterocycles. The Morgan fingerprint density at radius 1 is 1.28 bits per heavy atom. The highest BCUT2D eigenvalue weighted by molar-refractivity contribution is 5.46. The number of likely N-dealkylation sites (N-methyl/N-ethyl adjacent to an activating group) is 1. The Morgan fingerprint density at radius 3 is 2.44 bits per heavy atom. The van der Waals surface area contributed by atoms with Crippen LogP contribution in [0.5, 0.6) is 0 Å². The lowest BCUT2D eigenvalue weighted by Crippen LogP contribution is -2.25. The maximum Gasteiger partial charge on any atom is 0.416 e. The third-order valence-corrected chi connectivity index (χ3v) is 2.65. The van der Waals surface area contributed by atoms with Crippen LogP contribution in [0, 0.1) is 5.82 Å². The van der Waals surface area contributed by atoms with Gasteiger partial charge in [0.15, 0.2) is 0 Å². The van der Waals surface area contributed by atoms with E-state index in [4.69, 9.17) is 0 Å². The van der Waals surface area contributed by atoms with Crippen molar-refractivity contribution in [2.75, 3.05) is 32.0 Å². The van der Waals surface area contributed by atoms with Gasteiger partial charge in [-0.05, 0) is 31.8 Å². The van der Waals surface area contributed by atoms with Crippen LogP contribution in [0.4, 0.5) is 23.2 Å². The van der Waals surface area contributed by atoms with E-state index in [0.29, 0.717) is 19.2 Å². The maximum atomic E-state index is 13.4. The minimum Gasteiger partial charge on any atom is -0.381 e. The molecule has 1 N–H and O–H groups in total. The van der Waals surface area contributed by atoms with Crippen molar-refractivity contribution < 1.29 is 17.6 Å². The van der Waals surface area contributed by atoms with E-state index < -0.39 is 17.6 Å². The second-order valence-electron chi connectivity index (χ2n) is 4.02. The van der Waals surface area contributed by atoms with Crippen LogP contribution in [0.15, 0.2) is 18.2 Å². The van der Waals surface area contributed by atoms with E-state index in [9.17, 15) is 17.6 Å². The molecule has 0 saturated carbocycles. The first-order valence-corrected chi connectivity index (χ1v) is 5.63. The molecule has 0 bridgehead atoms. The van der Waals surface area contributed by atoms with E-state index in [2.05, 4.69) is 5.32 Å². The lowest BCUT2D eigenvalue weighted by molar-refractivity contribution is -0.137.